The Morgan fingerprint density at radius 2 is 0.837 bits per heavy atom. The zero-order chi connectivity index (χ0) is 34.1. The SMILES string of the molecule is CCCCCCCC(=O)O[C@H]1[C@@H](O)[C@H](OCc2ccccc2)[C@@H](OCc2ccccc2)[C@H](OCc2ccccc2)[C@H]1OCc1ccccc1. The largest absolute Gasteiger partial charge is 0.457 e. The van der Waals surface area contributed by atoms with Crippen LogP contribution in [-0.2, 0) is 54.9 Å². The number of aliphatic hydroxyl groups is 1. The molecule has 49 heavy (non-hydrogen) atoms. The molecule has 1 N–H and O–H groups in total. The first-order valence-electron chi connectivity index (χ1n) is 17.6. The van der Waals surface area contributed by atoms with Crippen LogP contribution in [0.25, 0.3) is 0 Å². The van der Waals surface area contributed by atoms with Crippen LogP contribution in [0.15, 0.2) is 121 Å². The van der Waals surface area contributed by atoms with Crippen molar-refractivity contribution in [3.63, 3.8) is 0 Å². The van der Waals surface area contributed by atoms with Gasteiger partial charge in [0.1, 0.15) is 30.5 Å². The molecule has 0 spiro atoms. The lowest BCUT2D eigenvalue weighted by atomic mass is 9.83. The predicted molar refractivity (Wildman–Crippen MR) is 189 cm³/mol. The van der Waals surface area contributed by atoms with Crippen LogP contribution in [0.2, 0.25) is 0 Å². The molecule has 1 saturated carbocycles. The first kappa shape index (κ1) is 36.4. The normalized spacial score (nSPS) is 22.1. The third-order valence-corrected chi connectivity index (χ3v) is 8.86. The quantitative estimate of drug-likeness (QED) is 0.0803. The highest BCUT2D eigenvalue weighted by Gasteiger charge is 2.55. The summed E-state index contributed by atoms with van der Waals surface area (Å²) in [6.45, 7) is 3.16. The molecule has 0 bridgehead atoms. The molecule has 0 aromatic heterocycles. The highest BCUT2D eigenvalue weighted by atomic mass is 16.6. The Labute approximate surface area is 291 Å². The van der Waals surface area contributed by atoms with Gasteiger partial charge in [0.15, 0.2) is 6.10 Å². The van der Waals surface area contributed by atoms with Gasteiger partial charge in [-0.1, -0.05) is 154 Å². The van der Waals surface area contributed by atoms with Crippen LogP contribution in [0, 0.1) is 0 Å². The lowest BCUT2D eigenvalue weighted by molar-refractivity contribution is -0.277. The van der Waals surface area contributed by atoms with E-state index in [1.165, 1.54) is 0 Å². The summed E-state index contributed by atoms with van der Waals surface area (Å²) in [7, 11) is 0. The number of benzene rings is 4. The monoisotopic (exact) mass is 666 g/mol. The standard InChI is InChI=1S/C42H50O7/c1-2-3-4-5-18-27-36(43)49-39-37(44)38(45-28-32-19-10-6-11-20-32)40(46-29-33-21-12-7-13-22-33)42(48-31-35-25-16-9-17-26-35)41(39)47-30-34-23-14-8-15-24-34/h6-17,19-26,37-42,44H,2-5,18,27-31H2,1H3/t37-,38-,39-,40+,41-,42-/m0/s1. The van der Waals surface area contributed by atoms with Crippen LogP contribution in [0.4, 0.5) is 0 Å². The Hall–Kier alpha value is -3.85. The van der Waals surface area contributed by atoms with Crippen molar-refractivity contribution in [2.45, 2.75) is 108 Å². The van der Waals surface area contributed by atoms with Crippen LogP contribution >= 0.6 is 0 Å². The number of aliphatic hydroxyl groups excluding tert-OH is 1. The lowest BCUT2D eigenvalue weighted by Gasteiger charge is -2.48. The second kappa shape index (κ2) is 20.0. The summed E-state index contributed by atoms with van der Waals surface area (Å²) in [6.07, 6.45) is -0.265. The van der Waals surface area contributed by atoms with Crippen molar-refractivity contribution in [3.8, 4) is 0 Å². The second-order valence-electron chi connectivity index (χ2n) is 12.7. The third-order valence-electron chi connectivity index (χ3n) is 8.86. The molecule has 0 heterocycles. The Kier molecular flexibility index (Phi) is 14.9. The maximum atomic E-state index is 13.4. The number of ether oxygens (including phenoxy) is 5. The molecule has 260 valence electrons. The first-order valence-corrected chi connectivity index (χ1v) is 17.6. The summed E-state index contributed by atoms with van der Waals surface area (Å²) >= 11 is 0. The van der Waals surface area contributed by atoms with Crippen LogP contribution in [-0.4, -0.2) is 47.7 Å². The molecule has 4 aromatic carbocycles. The molecule has 0 radical (unpaired) electrons. The molecule has 4 aromatic rings. The first-order chi connectivity index (χ1) is 24.1. The van der Waals surface area contributed by atoms with Crippen molar-refractivity contribution in [2.24, 2.45) is 0 Å². The molecule has 1 aliphatic carbocycles. The van der Waals surface area contributed by atoms with Crippen molar-refractivity contribution in [2.75, 3.05) is 0 Å². The molecule has 5 rings (SSSR count). The Balaban J connectivity index is 1.47. The van der Waals surface area contributed by atoms with Gasteiger partial charge < -0.3 is 28.8 Å². The number of rotatable bonds is 19. The summed E-state index contributed by atoms with van der Waals surface area (Å²) in [4.78, 5) is 13.4. The van der Waals surface area contributed by atoms with E-state index in [0.29, 0.717) is 0 Å². The van der Waals surface area contributed by atoms with E-state index in [9.17, 15) is 9.90 Å². The number of hydrogen-bond acceptors (Lipinski definition) is 7. The van der Waals surface area contributed by atoms with Gasteiger partial charge in [-0.3, -0.25) is 4.79 Å². The van der Waals surface area contributed by atoms with Crippen LogP contribution in [0.3, 0.4) is 0 Å². The zero-order valence-electron chi connectivity index (χ0n) is 28.5. The van der Waals surface area contributed by atoms with Gasteiger partial charge in [0.2, 0.25) is 0 Å². The smallest absolute Gasteiger partial charge is 0.306 e. The fraction of sp³-hybridized carbons (Fsp3) is 0.405. The topological polar surface area (TPSA) is 83.5 Å². The van der Waals surface area contributed by atoms with Crippen LogP contribution in [0.1, 0.15) is 67.7 Å². The lowest BCUT2D eigenvalue weighted by Crippen LogP contribution is -2.67. The van der Waals surface area contributed by atoms with Gasteiger partial charge in [-0.25, -0.2) is 0 Å². The summed E-state index contributed by atoms with van der Waals surface area (Å²) in [5.41, 5.74) is 3.84. The van der Waals surface area contributed by atoms with E-state index in [1.807, 2.05) is 121 Å². The number of hydrogen-bond donors (Lipinski definition) is 1. The Morgan fingerprint density at radius 3 is 1.24 bits per heavy atom. The number of esters is 1. The van der Waals surface area contributed by atoms with Gasteiger partial charge >= 0.3 is 5.97 Å². The minimum Gasteiger partial charge on any atom is -0.457 e. The van der Waals surface area contributed by atoms with Crippen molar-refractivity contribution in [1.29, 1.82) is 0 Å². The van der Waals surface area contributed by atoms with Crippen molar-refractivity contribution >= 4 is 5.97 Å². The molecule has 1 aliphatic rings. The van der Waals surface area contributed by atoms with Crippen molar-refractivity contribution < 1.29 is 33.6 Å². The summed E-state index contributed by atoms with van der Waals surface area (Å²) in [6, 6.07) is 39.4. The van der Waals surface area contributed by atoms with E-state index in [2.05, 4.69) is 6.92 Å². The number of unbranched alkanes of at least 4 members (excludes halogenated alkanes) is 4. The highest BCUT2D eigenvalue weighted by molar-refractivity contribution is 5.69. The third kappa shape index (κ3) is 11.3. The summed E-state index contributed by atoms with van der Waals surface area (Å²) in [5.74, 6) is -0.374. The summed E-state index contributed by atoms with van der Waals surface area (Å²) in [5, 5.41) is 12.1. The average Bonchev–Trinajstić information content (AvgIpc) is 3.15. The minimum atomic E-state index is -1.24. The molecule has 0 aliphatic heterocycles. The zero-order valence-corrected chi connectivity index (χ0v) is 28.5. The van der Waals surface area contributed by atoms with E-state index in [-0.39, 0.29) is 38.8 Å². The maximum absolute atomic E-state index is 13.4. The highest BCUT2D eigenvalue weighted by Crippen LogP contribution is 2.34. The van der Waals surface area contributed by atoms with Gasteiger partial charge in [0.25, 0.3) is 0 Å². The molecule has 0 unspecified atom stereocenters. The minimum absolute atomic E-state index is 0.229. The van der Waals surface area contributed by atoms with Crippen molar-refractivity contribution in [3.05, 3.63) is 144 Å². The summed E-state index contributed by atoms with van der Waals surface area (Å²) < 4.78 is 32.6. The van der Waals surface area contributed by atoms with E-state index in [0.717, 1.165) is 54.4 Å². The second-order valence-corrected chi connectivity index (χ2v) is 12.7. The molecule has 7 nitrogen and oxygen atoms in total. The molecule has 0 amide bonds. The molecular formula is C42H50O7. The van der Waals surface area contributed by atoms with Crippen molar-refractivity contribution in [1.82, 2.24) is 0 Å². The van der Waals surface area contributed by atoms with Gasteiger partial charge in [-0.2, -0.15) is 0 Å². The Morgan fingerprint density at radius 1 is 0.490 bits per heavy atom. The Bertz CT molecular complexity index is 1470. The fourth-order valence-electron chi connectivity index (χ4n) is 6.19. The van der Waals surface area contributed by atoms with E-state index in [4.69, 9.17) is 23.7 Å². The van der Waals surface area contributed by atoms with Gasteiger partial charge in [0, 0.05) is 6.42 Å². The number of carbonyl (C=O) groups is 1. The van der Waals surface area contributed by atoms with E-state index in [1.54, 1.807) is 0 Å². The van der Waals surface area contributed by atoms with E-state index >= 15 is 0 Å². The molecule has 0 saturated heterocycles. The fourth-order valence-corrected chi connectivity index (χ4v) is 6.19. The molecule has 7 heteroatoms. The molecule has 1 fully saturated rings. The molecule has 6 atom stereocenters. The maximum Gasteiger partial charge on any atom is 0.306 e. The number of carbonyl (C=O) groups excluding carboxylic acids is 1. The molecular weight excluding hydrogens is 616 g/mol. The van der Waals surface area contributed by atoms with Crippen LogP contribution in [0.5, 0.6) is 0 Å². The van der Waals surface area contributed by atoms with Gasteiger partial charge in [-0.15, -0.1) is 0 Å². The van der Waals surface area contributed by atoms with Gasteiger partial charge in [0.05, 0.1) is 26.4 Å². The van der Waals surface area contributed by atoms with Crippen LogP contribution < -0.4 is 0 Å². The van der Waals surface area contributed by atoms with E-state index < -0.39 is 36.6 Å². The average molecular weight is 667 g/mol. The van der Waals surface area contributed by atoms with Gasteiger partial charge in [-0.05, 0) is 28.7 Å². The predicted octanol–water partition coefficient (Wildman–Crippen LogP) is 7.97.